The van der Waals surface area contributed by atoms with E-state index in [1.807, 2.05) is 84.2 Å². The van der Waals surface area contributed by atoms with Crippen molar-refractivity contribution in [1.82, 2.24) is 117 Å². The highest BCUT2D eigenvalue weighted by Crippen LogP contribution is 2.37. The number of carbonyl (C=O) groups is 2. The molecule has 0 aromatic carbocycles. The number of aryl methyl sites for hydroxylation is 2. The van der Waals surface area contributed by atoms with Crippen LogP contribution in [-0.2, 0) is 22.5 Å². The second kappa shape index (κ2) is 48.2. The van der Waals surface area contributed by atoms with Gasteiger partial charge >= 0.3 is 39.8 Å². The number of H-pyrrole nitrogens is 7. The summed E-state index contributed by atoms with van der Waals surface area (Å²) in [5.74, 6) is 6.85. The Labute approximate surface area is 818 Å². The Morgan fingerprint density at radius 3 is 1.43 bits per heavy atom. The number of rotatable bonds is 24. The lowest BCUT2D eigenvalue weighted by Crippen LogP contribution is -2.41. The Hall–Kier alpha value is -12.7. The Morgan fingerprint density at radius 1 is 0.500 bits per heavy atom. The normalized spacial score (nSPS) is 12.2. The summed E-state index contributed by atoms with van der Waals surface area (Å²) in [4.78, 5) is 162. The first kappa shape index (κ1) is 105. The molecule has 15 aromatic heterocycles. The third-order valence-corrected chi connectivity index (χ3v) is 26.3. The predicted molar refractivity (Wildman–Crippen MR) is 538 cm³/mol. The SMILES string of the molecule is C#Cc1cnc2[nH]c(=O)n(C(CC)CC)c2c1C.C#Cc1cnc2[nH]c(=O)n(C(CC)CC)c2c1C#C.CC(=O)NCCn1c(=O)[nH]c2ncc(Cl)c(C#N)c21.CCC(CC)n1c(=O)[nH]c2nc(Cl)c(Cl)c(Cl)c21.CCC(CC)n1c(=O)[nH]c2ncc(Br)c(C)c21.CCC(CC)n1c(=O)[nH]c2ncc(Cl)c(C(N)=O)c21.O=c1[nH]c2ncc(Cl)cc2n1[C@H](Cc1ccccn1)CN1CCOCC1. The zero-order chi connectivity index (χ0) is 99.4. The van der Waals surface area contributed by atoms with Crippen LogP contribution in [0.4, 0.5) is 0 Å². The van der Waals surface area contributed by atoms with Crippen LogP contribution in [0.3, 0.4) is 0 Å². The molecule has 36 nitrogen and oxygen atoms in total. The summed E-state index contributed by atoms with van der Waals surface area (Å²) in [6.07, 6.45) is 36.4. The number of nitrogens with one attached hydrogen (secondary N) is 8. The Morgan fingerprint density at radius 2 is 0.934 bits per heavy atom. The maximum atomic E-state index is 12.7. The number of halogens is 7. The number of amides is 2. The first-order valence-electron chi connectivity index (χ1n) is 44.2. The van der Waals surface area contributed by atoms with Gasteiger partial charge < -0.3 is 15.8 Å². The van der Waals surface area contributed by atoms with Crippen LogP contribution >= 0.6 is 85.5 Å². The lowest BCUT2D eigenvalue weighted by molar-refractivity contribution is -0.119. The molecule has 0 bridgehead atoms. The highest BCUT2D eigenvalue weighted by atomic mass is 79.9. The number of morpholine rings is 1. The summed E-state index contributed by atoms with van der Waals surface area (Å²) in [5.41, 5.74) is 16.6. The zero-order valence-corrected chi connectivity index (χ0v) is 83.3. The van der Waals surface area contributed by atoms with Crippen molar-refractivity contribution < 1.29 is 14.3 Å². The van der Waals surface area contributed by atoms with Gasteiger partial charge in [-0.3, -0.25) is 86.3 Å². The van der Waals surface area contributed by atoms with Crippen molar-refractivity contribution in [3.8, 4) is 43.1 Å². The van der Waals surface area contributed by atoms with Gasteiger partial charge in [0.05, 0.1) is 83.2 Å². The molecule has 1 saturated heterocycles. The molecule has 0 spiro atoms. The molecule has 0 aliphatic carbocycles. The molecular weight excluding hydrogens is 1930 g/mol. The van der Waals surface area contributed by atoms with E-state index in [1.165, 1.54) is 34.6 Å². The van der Waals surface area contributed by atoms with Crippen molar-refractivity contribution in [2.45, 2.75) is 203 Å². The number of aromatic nitrogens is 22. The summed E-state index contributed by atoms with van der Waals surface area (Å²) in [7, 11) is 0. The zero-order valence-electron chi connectivity index (χ0n) is 77.2. The minimum absolute atomic E-state index is 0.0281. The van der Waals surface area contributed by atoms with Gasteiger partial charge in [0.1, 0.15) is 28.1 Å². The predicted octanol–water partition coefficient (Wildman–Crippen LogP) is 15.7. The number of aromatic amines is 7. The van der Waals surface area contributed by atoms with E-state index in [9.17, 15) is 43.2 Å². The van der Waals surface area contributed by atoms with Gasteiger partial charge in [-0.15, -0.1) is 19.3 Å². The third kappa shape index (κ3) is 23.2. The van der Waals surface area contributed by atoms with Crippen LogP contribution in [0.25, 0.3) is 78.1 Å². The van der Waals surface area contributed by atoms with E-state index in [0.29, 0.717) is 97.4 Å². The number of ether oxygens (including phenoxy) is 1. The van der Waals surface area contributed by atoms with Gasteiger partial charge in [-0.1, -0.05) is 163 Å². The van der Waals surface area contributed by atoms with Gasteiger partial charge in [-0.25, -0.2) is 68.4 Å². The second-order valence-electron chi connectivity index (χ2n) is 31.5. The fourth-order valence-corrected chi connectivity index (χ4v) is 18.0. The van der Waals surface area contributed by atoms with Crippen molar-refractivity contribution in [1.29, 1.82) is 5.26 Å². The van der Waals surface area contributed by atoms with Gasteiger partial charge in [0.2, 0.25) is 5.91 Å². The van der Waals surface area contributed by atoms with E-state index in [0.717, 1.165) is 127 Å². The number of hydrogen-bond donors (Lipinski definition) is 9. The lowest BCUT2D eigenvalue weighted by atomic mass is 10.1. The van der Waals surface area contributed by atoms with E-state index >= 15 is 0 Å². The quantitative estimate of drug-likeness (QED) is 0.0200. The fourth-order valence-electron chi connectivity index (χ4n) is 16.5. The standard InChI is InChI=1S/C18H20ClN5O2.C15H15N3O.C14H17N3O.C12H16BrN3O.C12H15ClN4O2.C11H12Cl3N3O.C11H10ClN5O2/c19-13-9-16-17(21-11-13)22-18(25)24(16)15(10-14-3-1-2-4-20-14)12-23-5-7-26-8-6-23;1-5-10-9-16-14-13(12(10)8-4)18(15(19)17-14)11(6-2)7-3;1-5-10-8-15-13-12(9(10)4)17(14(18)16-13)11(6-2)7-3;1-4-8(5-2)16-10-7(3)9(13)6-14-11(10)15-12(16)17;1-3-6(4-2)17-9-8(10(14)18)7(13)5-15-11(9)16-12(17)19;1-3-5(4-2)17-8-6(12)7(13)9(14)15-10(8)16-11(17)18;1-6(18)14-2-3-17-9-7(4-13)8(12)5-15-10(9)16-11(17)19/h1-4,9,11,15H,5-8,10,12H2,(H,21,22,25);1,4,9,11H,6-7H2,2-3H3,(H,16,17,19);1,8,11H,6-7H2,2-4H3,(H,15,16,18);6,8H,4-5H2,1-3H3,(H,14,15,17);5-6H,3-4H2,1-2H3,(H2,14,18)(H,15,16,19);5H,3-4H2,1-2H3,(H,15,16,18);5H,2-3H2,1H3,(H,14,18)(H,15,16,19)/t15-;;;;;;/m1....../s1. The van der Waals surface area contributed by atoms with Gasteiger partial charge in [-0.05, 0) is 123 Å². The number of fused-ring (bicyclic) bond motifs is 7. The first-order valence-corrected chi connectivity index (χ1v) is 47.2. The van der Waals surface area contributed by atoms with E-state index in [4.69, 9.17) is 105 Å². The number of primary amides is 1. The molecule has 1 aliphatic heterocycles. The number of pyridine rings is 8. The van der Waals surface area contributed by atoms with E-state index < -0.39 is 11.6 Å². The molecule has 43 heteroatoms. The second-order valence-corrected chi connectivity index (χ2v) is 34.7. The summed E-state index contributed by atoms with van der Waals surface area (Å²) in [6, 6.07) is 10.0. The molecule has 1 aliphatic rings. The van der Waals surface area contributed by atoms with E-state index in [1.54, 1.807) is 49.1 Å². The van der Waals surface area contributed by atoms with Gasteiger partial charge in [0, 0.05) is 135 Å². The molecule has 0 saturated carbocycles. The summed E-state index contributed by atoms with van der Waals surface area (Å²) < 4.78 is 17.9. The third-order valence-electron chi connectivity index (χ3n) is 23.5. The average Bonchev–Trinajstić information content (AvgIpc) is 1.55. The molecule has 2 amide bonds. The summed E-state index contributed by atoms with van der Waals surface area (Å²) >= 11 is 39.4. The number of terminal acetylenes is 3. The molecule has 16 rings (SSSR count). The lowest BCUT2D eigenvalue weighted by Gasteiger charge is -2.31. The van der Waals surface area contributed by atoms with Crippen molar-refractivity contribution in [2.24, 2.45) is 5.73 Å². The molecule has 0 radical (unpaired) electrons. The molecule has 1 atom stereocenters. The number of carbonyl (C=O) groups excluding carboxylic acids is 2. The number of nitrogens with two attached hydrogens (primary N) is 1. The molecule has 136 heavy (non-hydrogen) atoms. The van der Waals surface area contributed by atoms with Crippen molar-refractivity contribution in [2.75, 3.05) is 39.4 Å². The number of hydrogen-bond acceptors (Lipinski definition) is 20. The van der Waals surface area contributed by atoms with Crippen LogP contribution in [0.15, 0.2) is 106 Å². The van der Waals surface area contributed by atoms with Crippen LogP contribution in [0.2, 0.25) is 30.3 Å². The molecule has 16 heterocycles. The monoisotopic (exact) mass is 2030 g/mol. The van der Waals surface area contributed by atoms with Crippen LogP contribution in [0.1, 0.15) is 226 Å². The van der Waals surface area contributed by atoms with E-state index in [-0.39, 0.29) is 126 Å². The van der Waals surface area contributed by atoms with E-state index in [2.05, 4.69) is 146 Å². The minimum Gasteiger partial charge on any atom is -0.379 e. The highest BCUT2D eigenvalue weighted by Gasteiger charge is 2.29. The Kier molecular flexibility index (Phi) is 37.3. The minimum atomic E-state index is -0.670. The first-order chi connectivity index (χ1) is 65.2. The molecule has 10 N–H and O–H groups in total. The van der Waals surface area contributed by atoms with Crippen molar-refractivity contribution in [3.63, 3.8) is 0 Å². The van der Waals surface area contributed by atoms with Crippen LogP contribution < -0.4 is 50.9 Å². The number of imidazole rings is 7. The molecule has 15 aromatic rings. The van der Waals surface area contributed by atoms with Crippen LogP contribution in [0.5, 0.6) is 0 Å². The van der Waals surface area contributed by atoms with Gasteiger partial charge in [0.15, 0.2) is 44.7 Å². The Balaban J connectivity index is 0.000000165. The molecule has 0 unspecified atom stereocenters. The summed E-state index contributed by atoms with van der Waals surface area (Å²) in [6.45, 7) is 30.1. The van der Waals surface area contributed by atoms with Gasteiger partial charge in [0.25, 0.3) is 5.91 Å². The largest absolute Gasteiger partial charge is 0.379 e. The fraction of sp³-hybridized carbons (Fsp3) is 0.398. The smallest absolute Gasteiger partial charge is 0.327 e. The average molecular weight is 2040 g/mol. The molecular formula is C93H105BrCl6N26O10. The topological polar surface area (TPSA) is 476 Å². The van der Waals surface area contributed by atoms with Crippen molar-refractivity contribution >= 4 is 175 Å². The Bertz CT molecular complexity index is 7480. The highest BCUT2D eigenvalue weighted by molar-refractivity contribution is 9.10. The molecule has 1 fully saturated rings. The number of nitriles is 1. The maximum absolute atomic E-state index is 12.7. The van der Waals surface area contributed by atoms with Crippen molar-refractivity contribution in [3.05, 3.63) is 220 Å². The number of nitrogens with zero attached hydrogens (tertiary/aromatic N) is 17. The summed E-state index contributed by atoms with van der Waals surface area (Å²) in [5, 5.41) is 13.0. The molecule has 716 valence electrons. The maximum Gasteiger partial charge on any atom is 0.327 e. The van der Waals surface area contributed by atoms with Gasteiger partial charge in [-0.2, -0.15) is 5.26 Å². The van der Waals surface area contributed by atoms with Crippen LogP contribution in [-0.4, -0.2) is 163 Å². The van der Waals surface area contributed by atoms with Crippen LogP contribution in [0, 0.1) is 62.2 Å².